The zero-order valence-corrected chi connectivity index (χ0v) is 64.1. The molecule has 3 N–H and O–H groups in total. The van der Waals surface area contributed by atoms with Gasteiger partial charge in [0.1, 0.15) is 19.3 Å². The highest BCUT2D eigenvalue weighted by Crippen LogP contribution is 2.45. The fraction of sp³-hybridized carbons (Fsp3) is 0.947. The highest BCUT2D eigenvalue weighted by atomic mass is 31.2. The second kappa shape index (κ2) is 65.4. The molecule has 0 amide bonds. The molecule has 19 heteroatoms. The largest absolute Gasteiger partial charge is 0.472 e. The van der Waals surface area contributed by atoms with Crippen molar-refractivity contribution >= 4 is 39.5 Å². The van der Waals surface area contributed by atoms with Gasteiger partial charge in [-0.25, -0.2) is 9.13 Å². The number of unbranched alkanes of at least 4 members (excludes halogenated alkanes) is 37. The van der Waals surface area contributed by atoms with Gasteiger partial charge in [-0.05, 0) is 49.4 Å². The lowest BCUT2D eigenvalue weighted by Gasteiger charge is -2.21. The standard InChI is InChI=1S/C76H148O17P2/c1-9-68(7)54-46-38-32-34-41-49-57-74(79)87-63-72(93-76(81)59-51-43-35-33-39-47-55-69(8)10-2)65-91-95(84,85)89-61-70(77)60-88-94(82,83)90-64-71(92-75(80)58-50-42-31-27-23-19-15-14-17-21-25-29-37-45-53-67(5)6)62-86-73(78)56-48-40-30-26-22-18-13-11-12-16-20-24-28-36-44-52-66(3)4/h66-72,77H,9-65H2,1-8H3,(H,82,83)(H,84,85)/t68?,69?,70-,71-,72-/m1/s1. The molecule has 95 heavy (non-hydrogen) atoms. The third-order valence-electron chi connectivity index (χ3n) is 18.3. The van der Waals surface area contributed by atoms with E-state index in [-0.39, 0.29) is 25.7 Å². The monoisotopic (exact) mass is 1400 g/mol. The number of hydrogen-bond acceptors (Lipinski definition) is 15. The molecule has 0 rings (SSSR count). The molecule has 0 aliphatic carbocycles. The Morgan fingerprint density at radius 1 is 0.295 bits per heavy atom. The number of rotatable bonds is 73. The van der Waals surface area contributed by atoms with Crippen LogP contribution < -0.4 is 0 Å². The van der Waals surface area contributed by atoms with E-state index in [1.54, 1.807) is 0 Å². The average molecular weight is 1400 g/mol. The van der Waals surface area contributed by atoms with E-state index in [0.717, 1.165) is 120 Å². The summed E-state index contributed by atoms with van der Waals surface area (Å²) in [6, 6.07) is 0. The SMILES string of the molecule is CCC(C)CCCCCCCCC(=O)OC[C@H](COP(=O)(O)OC[C@H](O)COP(=O)(O)OC[C@@H](COC(=O)CCCCCCCCCCCCCCCCCC(C)C)OC(=O)CCCCCCCCCCCCCCCCC(C)C)OC(=O)CCCCCCCCC(C)CC. The van der Waals surface area contributed by atoms with Gasteiger partial charge in [0.25, 0.3) is 0 Å². The molecule has 0 radical (unpaired) electrons. The first-order valence-electron chi connectivity index (χ1n) is 39.3. The summed E-state index contributed by atoms with van der Waals surface area (Å²) in [5.74, 6) is 0.928. The van der Waals surface area contributed by atoms with Gasteiger partial charge in [0, 0.05) is 25.7 Å². The second-order valence-corrected chi connectivity index (χ2v) is 31.7. The first-order chi connectivity index (χ1) is 45.7. The number of hydrogen-bond donors (Lipinski definition) is 3. The molecule has 0 bridgehead atoms. The van der Waals surface area contributed by atoms with E-state index in [2.05, 4.69) is 55.4 Å². The lowest BCUT2D eigenvalue weighted by Crippen LogP contribution is -2.30. The van der Waals surface area contributed by atoms with Crippen LogP contribution in [0.1, 0.15) is 383 Å². The molecule has 0 saturated carbocycles. The van der Waals surface area contributed by atoms with E-state index in [1.807, 2.05) is 0 Å². The molecule has 0 fully saturated rings. The van der Waals surface area contributed by atoms with Crippen molar-refractivity contribution in [1.82, 2.24) is 0 Å². The zero-order chi connectivity index (χ0) is 70.3. The van der Waals surface area contributed by atoms with Crippen molar-refractivity contribution in [2.75, 3.05) is 39.6 Å². The minimum Gasteiger partial charge on any atom is -0.462 e. The van der Waals surface area contributed by atoms with Crippen LogP contribution in [-0.2, 0) is 65.4 Å². The fourth-order valence-corrected chi connectivity index (χ4v) is 13.1. The smallest absolute Gasteiger partial charge is 0.462 e. The van der Waals surface area contributed by atoms with Crippen LogP contribution in [0.25, 0.3) is 0 Å². The van der Waals surface area contributed by atoms with Crippen LogP contribution in [0.2, 0.25) is 0 Å². The summed E-state index contributed by atoms with van der Waals surface area (Å²) in [4.78, 5) is 72.8. The maximum absolute atomic E-state index is 13.1. The molecule has 0 aliphatic rings. The molecule has 564 valence electrons. The molecule has 0 aromatic rings. The molecule has 17 nitrogen and oxygen atoms in total. The summed E-state index contributed by atoms with van der Waals surface area (Å²) >= 11 is 0. The van der Waals surface area contributed by atoms with E-state index in [9.17, 15) is 43.2 Å². The van der Waals surface area contributed by atoms with Crippen molar-refractivity contribution in [2.45, 2.75) is 401 Å². The fourth-order valence-electron chi connectivity index (χ4n) is 11.5. The minimum atomic E-state index is -4.96. The van der Waals surface area contributed by atoms with Crippen molar-refractivity contribution in [2.24, 2.45) is 23.7 Å². The number of aliphatic hydroxyl groups is 1. The van der Waals surface area contributed by atoms with Crippen molar-refractivity contribution in [3.63, 3.8) is 0 Å². The summed E-state index contributed by atoms with van der Waals surface area (Å²) in [7, 11) is -9.91. The third-order valence-corrected chi connectivity index (χ3v) is 20.2. The van der Waals surface area contributed by atoms with E-state index >= 15 is 0 Å². The zero-order valence-electron chi connectivity index (χ0n) is 62.3. The average Bonchev–Trinajstić information content (AvgIpc) is 2.23. The molecule has 0 aromatic carbocycles. The molecule has 0 aromatic heterocycles. The number of phosphoric acid groups is 2. The Bertz CT molecular complexity index is 1870. The molecule has 7 atom stereocenters. The second-order valence-electron chi connectivity index (χ2n) is 28.8. The van der Waals surface area contributed by atoms with E-state index in [0.29, 0.717) is 25.7 Å². The summed E-state index contributed by atoms with van der Waals surface area (Å²) in [6.07, 6.45) is 50.1. The van der Waals surface area contributed by atoms with Crippen LogP contribution in [0.4, 0.5) is 0 Å². The molecule has 0 saturated heterocycles. The Morgan fingerprint density at radius 3 is 0.747 bits per heavy atom. The molecule has 4 unspecified atom stereocenters. The van der Waals surface area contributed by atoms with Gasteiger partial charge in [0.15, 0.2) is 12.2 Å². The van der Waals surface area contributed by atoms with Crippen molar-refractivity contribution in [3.05, 3.63) is 0 Å². The van der Waals surface area contributed by atoms with E-state index < -0.39 is 97.5 Å². The number of esters is 4. The first kappa shape index (κ1) is 93.1. The van der Waals surface area contributed by atoms with Gasteiger partial charge in [-0.2, -0.15) is 0 Å². The summed E-state index contributed by atoms with van der Waals surface area (Å²) in [6.45, 7) is 14.2. The lowest BCUT2D eigenvalue weighted by atomic mass is 10.00. The van der Waals surface area contributed by atoms with Gasteiger partial charge >= 0.3 is 39.5 Å². The number of carbonyl (C=O) groups excluding carboxylic acids is 4. The maximum Gasteiger partial charge on any atom is 0.472 e. The Labute approximate surface area is 581 Å². The topological polar surface area (TPSA) is 237 Å². The first-order valence-corrected chi connectivity index (χ1v) is 42.3. The molecule has 0 heterocycles. The minimum absolute atomic E-state index is 0.102. The van der Waals surface area contributed by atoms with Crippen LogP contribution >= 0.6 is 15.6 Å². The Balaban J connectivity index is 5.23. The van der Waals surface area contributed by atoms with Gasteiger partial charge < -0.3 is 33.8 Å². The van der Waals surface area contributed by atoms with Crippen molar-refractivity contribution < 1.29 is 80.2 Å². The Morgan fingerprint density at radius 2 is 0.505 bits per heavy atom. The molecular weight excluding hydrogens is 1250 g/mol. The van der Waals surface area contributed by atoms with Gasteiger partial charge in [-0.15, -0.1) is 0 Å². The van der Waals surface area contributed by atoms with Gasteiger partial charge in [-0.3, -0.25) is 37.3 Å². The van der Waals surface area contributed by atoms with Gasteiger partial charge in [-0.1, -0.05) is 331 Å². The van der Waals surface area contributed by atoms with Crippen molar-refractivity contribution in [3.8, 4) is 0 Å². The normalized spacial score (nSPS) is 14.7. The van der Waals surface area contributed by atoms with Gasteiger partial charge in [0.2, 0.25) is 0 Å². The Kier molecular flexibility index (Phi) is 64.0. The van der Waals surface area contributed by atoms with Crippen LogP contribution in [-0.4, -0.2) is 96.7 Å². The van der Waals surface area contributed by atoms with E-state index in [4.69, 9.17) is 37.0 Å². The van der Waals surface area contributed by atoms with Crippen LogP contribution in [0.15, 0.2) is 0 Å². The highest BCUT2D eigenvalue weighted by Gasteiger charge is 2.30. The van der Waals surface area contributed by atoms with Crippen molar-refractivity contribution in [1.29, 1.82) is 0 Å². The summed E-state index contributed by atoms with van der Waals surface area (Å²) in [5, 5.41) is 10.6. The summed E-state index contributed by atoms with van der Waals surface area (Å²) in [5.41, 5.74) is 0. The quantitative estimate of drug-likeness (QED) is 0.0222. The molecule has 0 aliphatic heterocycles. The molecule has 0 spiro atoms. The lowest BCUT2D eigenvalue weighted by molar-refractivity contribution is -0.161. The number of aliphatic hydroxyl groups excluding tert-OH is 1. The summed E-state index contributed by atoms with van der Waals surface area (Å²) < 4.78 is 68.5. The third kappa shape index (κ3) is 67.6. The maximum atomic E-state index is 13.1. The number of phosphoric ester groups is 2. The van der Waals surface area contributed by atoms with Crippen LogP contribution in [0.5, 0.6) is 0 Å². The Hall–Kier alpha value is -1.94. The van der Waals surface area contributed by atoms with E-state index in [1.165, 1.54) is 180 Å². The number of ether oxygens (including phenoxy) is 4. The van der Waals surface area contributed by atoms with Gasteiger partial charge in [0.05, 0.1) is 26.4 Å². The highest BCUT2D eigenvalue weighted by molar-refractivity contribution is 7.47. The number of carbonyl (C=O) groups is 4. The predicted molar refractivity (Wildman–Crippen MR) is 386 cm³/mol. The predicted octanol–water partition coefficient (Wildman–Crippen LogP) is 22.0. The van der Waals surface area contributed by atoms with Crippen LogP contribution in [0, 0.1) is 23.7 Å². The molecular formula is C76H148O17P2. The van der Waals surface area contributed by atoms with Crippen LogP contribution in [0.3, 0.4) is 0 Å².